The molecular formula is C57H36N4S. The topological polar surface area (TPSA) is 43.6 Å². The molecule has 0 spiro atoms. The standard InChI is InChI=1S/C57H36N4S/c1-2-14-40(15-3-1)44-18-4-5-22-49(44)56-58-55(59-57(60-56)50-24-13-23-48-47-21-8-11-27-53(47)62-54(48)50)41-34-32-38(33-35-41)37-28-30-39(31-29-37)42-16-12-17-43(36-42)61-51-25-9-6-19-45(51)46-20-7-10-26-52(46)61/h1-36H. The van der Waals surface area contributed by atoms with E-state index in [4.69, 9.17) is 15.0 Å². The van der Waals surface area contributed by atoms with E-state index in [9.17, 15) is 0 Å². The molecule has 0 fully saturated rings. The van der Waals surface area contributed by atoms with Gasteiger partial charge in [0.15, 0.2) is 17.5 Å². The summed E-state index contributed by atoms with van der Waals surface area (Å²) in [6.07, 6.45) is 0. The third-order valence-corrected chi connectivity index (χ3v) is 13.1. The van der Waals surface area contributed by atoms with Gasteiger partial charge in [-0.1, -0.05) is 182 Å². The maximum absolute atomic E-state index is 5.23. The molecule has 12 aromatic rings. The van der Waals surface area contributed by atoms with E-state index >= 15 is 0 Å². The van der Waals surface area contributed by atoms with Crippen molar-refractivity contribution in [2.75, 3.05) is 0 Å². The number of para-hydroxylation sites is 2. The van der Waals surface area contributed by atoms with Crippen molar-refractivity contribution in [3.63, 3.8) is 0 Å². The van der Waals surface area contributed by atoms with Gasteiger partial charge in [-0.2, -0.15) is 0 Å². The highest BCUT2D eigenvalue weighted by Crippen LogP contribution is 2.41. The van der Waals surface area contributed by atoms with E-state index in [-0.39, 0.29) is 0 Å². The first-order valence-corrected chi connectivity index (χ1v) is 21.7. The van der Waals surface area contributed by atoms with E-state index in [1.165, 1.54) is 53.1 Å². The highest BCUT2D eigenvalue weighted by Gasteiger charge is 2.19. The van der Waals surface area contributed by atoms with Crippen LogP contribution in [0.5, 0.6) is 0 Å². The molecule has 12 rings (SSSR count). The Morgan fingerprint density at radius 1 is 0.306 bits per heavy atom. The Labute approximate surface area is 362 Å². The van der Waals surface area contributed by atoms with Crippen molar-refractivity contribution in [2.45, 2.75) is 0 Å². The van der Waals surface area contributed by atoms with Crippen LogP contribution in [0.4, 0.5) is 0 Å². The molecule has 0 saturated heterocycles. The van der Waals surface area contributed by atoms with Crippen LogP contribution in [0.2, 0.25) is 0 Å². The fourth-order valence-electron chi connectivity index (χ4n) is 8.91. The van der Waals surface area contributed by atoms with Gasteiger partial charge >= 0.3 is 0 Å². The number of thiophene rings is 1. The summed E-state index contributed by atoms with van der Waals surface area (Å²) in [6.45, 7) is 0. The molecular weight excluding hydrogens is 773 g/mol. The summed E-state index contributed by atoms with van der Waals surface area (Å²) in [5.41, 5.74) is 13.3. The van der Waals surface area contributed by atoms with Crippen molar-refractivity contribution in [3.05, 3.63) is 218 Å². The van der Waals surface area contributed by atoms with Crippen molar-refractivity contribution in [1.82, 2.24) is 19.5 Å². The zero-order valence-electron chi connectivity index (χ0n) is 33.5. The number of hydrogen-bond acceptors (Lipinski definition) is 4. The predicted molar refractivity (Wildman–Crippen MR) is 260 cm³/mol. The van der Waals surface area contributed by atoms with Crippen molar-refractivity contribution in [3.8, 4) is 73.2 Å². The molecule has 4 nitrogen and oxygen atoms in total. The molecule has 0 N–H and O–H groups in total. The summed E-state index contributed by atoms with van der Waals surface area (Å²) in [4.78, 5) is 15.6. The third kappa shape index (κ3) is 6.18. The Kier molecular flexibility index (Phi) is 8.65. The van der Waals surface area contributed by atoms with Crippen LogP contribution in [-0.2, 0) is 0 Å². The van der Waals surface area contributed by atoms with Gasteiger partial charge < -0.3 is 4.57 Å². The molecule has 0 atom stereocenters. The van der Waals surface area contributed by atoms with Gasteiger partial charge in [0.05, 0.1) is 11.0 Å². The number of rotatable bonds is 7. The van der Waals surface area contributed by atoms with E-state index in [0.29, 0.717) is 17.5 Å². The minimum Gasteiger partial charge on any atom is -0.309 e. The van der Waals surface area contributed by atoms with Crippen molar-refractivity contribution in [1.29, 1.82) is 0 Å². The second-order valence-corrected chi connectivity index (χ2v) is 16.6. The first-order chi connectivity index (χ1) is 30.7. The van der Waals surface area contributed by atoms with Gasteiger partial charge in [-0.25, -0.2) is 15.0 Å². The summed E-state index contributed by atoms with van der Waals surface area (Å²) < 4.78 is 4.79. The molecule has 9 aromatic carbocycles. The van der Waals surface area contributed by atoms with Gasteiger partial charge in [-0.15, -0.1) is 11.3 Å². The van der Waals surface area contributed by atoms with Gasteiger partial charge in [0.25, 0.3) is 0 Å². The van der Waals surface area contributed by atoms with Crippen molar-refractivity contribution >= 4 is 53.3 Å². The molecule has 3 heterocycles. The van der Waals surface area contributed by atoms with Crippen LogP contribution in [0.3, 0.4) is 0 Å². The zero-order valence-corrected chi connectivity index (χ0v) is 34.3. The smallest absolute Gasteiger partial charge is 0.165 e. The molecule has 0 aliphatic heterocycles. The molecule has 290 valence electrons. The van der Waals surface area contributed by atoms with Crippen LogP contribution in [-0.4, -0.2) is 19.5 Å². The highest BCUT2D eigenvalue weighted by molar-refractivity contribution is 7.26. The Morgan fingerprint density at radius 2 is 0.790 bits per heavy atom. The second-order valence-electron chi connectivity index (χ2n) is 15.6. The highest BCUT2D eigenvalue weighted by atomic mass is 32.1. The maximum Gasteiger partial charge on any atom is 0.165 e. The maximum atomic E-state index is 5.23. The minimum atomic E-state index is 0.635. The van der Waals surface area contributed by atoms with Crippen LogP contribution in [0, 0.1) is 0 Å². The van der Waals surface area contributed by atoms with Crippen LogP contribution >= 0.6 is 11.3 Å². The van der Waals surface area contributed by atoms with E-state index in [2.05, 4.69) is 217 Å². The molecule has 0 bridgehead atoms. The second kappa shape index (κ2) is 14.9. The van der Waals surface area contributed by atoms with E-state index in [0.717, 1.165) is 44.6 Å². The molecule has 0 aliphatic rings. The van der Waals surface area contributed by atoms with Gasteiger partial charge in [0.2, 0.25) is 0 Å². The van der Waals surface area contributed by atoms with E-state index < -0.39 is 0 Å². The molecule has 0 saturated carbocycles. The van der Waals surface area contributed by atoms with E-state index in [1.807, 2.05) is 6.07 Å². The number of aromatic nitrogens is 4. The lowest BCUT2D eigenvalue weighted by Crippen LogP contribution is -2.01. The third-order valence-electron chi connectivity index (χ3n) is 11.9. The Morgan fingerprint density at radius 3 is 1.50 bits per heavy atom. The minimum absolute atomic E-state index is 0.635. The first kappa shape index (κ1) is 35.9. The number of benzene rings is 9. The van der Waals surface area contributed by atoms with Crippen LogP contribution in [0.25, 0.3) is 115 Å². The van der Waals surface area contributed by atoms with Gasteiger partial charge in [-0.05, 0) is 69.8 Å². The Hall–Kier alpha value is -7.99. The summed E-state index contributed by atoms with van der Waals surface area (Å²) in [6, 6.07) is 77.4. The molecule has 5 heteroatoms. The average Bonchev–Trinajstić information content (AvgIpc) is 3.90. The fraction of sp³-hybridized carbons (Fsp3) is 0. The predicted octanol–water partition coefficient (Wildman–Crippen LogP) is 15.3. The zero-order chi connectivity index (χ0) is 41.0. The molecule has 0 amide bonds. The number of nitrogens with zero attached hydrogens (tertiary/aromatic N) is 4. The molecule has 0 aliphatic carbocycles. The van der Waals surface area contributed by atoms with Crippen LogP contribution < -0.4 is 0 Å². The Bertz CT molecular complexity index is 3570. The van der Waals surface area contributed by atoms with Crippen molar-refractivity contribution < 1.29 is 0 Å². The normalized spacial score (nSPS) is 11.5. The molecule has 0 unspecified atom stereocenters. The molecule has 62 heavy (non-hydrogen) atoms. The molecule has 3 aromatic heterocycles. The average molecular weight is 809 g/mol. The largest absolute Gasteiger partial charge is 0.309 e. The lowest BCUT2D eigenvalue weighted by Gasteiger charge is -2.13. The fourth-order valence-corrected chi connectivity index (χ4v) is 10.1. The first-order valence-electron chi connectivity index (χ1n) is 20.8. The van der Waals surface area contributed by atoms with Crippen LogP contribution in [0.15, 0.2) is 218 Å². The van der Waals surface area contributed by atoms with Gasteiger partial charge in [0, 0.05) is 53.3 Å². The van der Waals surface area contributed by atoms with Crippen LogP contribution in [0.1, 0.15) is 0 Å². The van der Waals surface area contributed by atoms with E-state index in [1.54, 1.807) is 11.3 Å². The van der Waals surface area contributed by atoms with Crippen molar-refractivity contribution in [2.24, 2.45) is 0 Å². The summed E-state index contributed by atoms with van der Waals surface area (Å²) >= 11 is 1.78. The quantitative estimate of drug-likeness (QED) is 0.161. The summed E-state index contributed by atoms with van der Waals surface area (Å²) in [5, 5.41) is 4.98. The molecule has 0 radical (unpaired) electrons. The summed E-state index contributed by atoms with van der Waals surface area (Å²) in [5.74, 6) is 1.94. The SMILES string of the molecule is c1ccc(-c2ccccc2-c2nc(-c3ccc(-c4ccc(-c5cccc(-n6c7ccccc7c7ccccc76)c5)cc4)cc3)nc(-c3cccc4c3sc3ccccc34)n2)cc1. The monoisotopic (exact) mass is 808 g/mol. The van der Waals surface area contributed by atoms with Gasteiger partial charge in [0.1, 0.15) is 0 Å². The number of hydrogen-bond donors (Lipinski definition) is 0. The summed E-state index contributed by atoms with van der Waals surface area (Å²) in [7, 11) is 0. The number of fused-ring (bicyclic) bond motifs is 6. The lowest BCUT2D eigenvalue weighted by atomic mass is 9.98. The Balaban J connectivity index is 0.909. The van der Waals surface area contributed by atoms with Gasteiger partial charge in [-0.3, -0.25) is 0 Å². The lowest BCUT2D eigenvalue weighted by molar-refractivity contribution is 1.08.